The highest BCUT2D eigenvalue weighted by molar-refractivity contribution is 5.02. The van der Waals surface area contributed by atoms with Gasteiger partial charge in [-0.15, -0.1) is 0 Å². The first-order valence-corrected chi connectivity index (χ1v) is 6.19. The van der Waals surface area contributed by atoms with Gasteiger partial charge >= 0.3 is 0 Å². The summed E-state index contributed by atoms with van der Waals surface area (Å²) in [6.45, 7) is 4.57. The van der Waals surface area contributed by atoms with Gasteiger partial charge < -0.3 is 10.3 Å². The third-order valence-electron chi connectivity index (χ3n) is 3.67. The van der Waals surface area contributed by atoms with E-state index < -0.39 is 0 Å². The number of hydrogen-bond acceptors (Lipinski definition) is 1. The van der Waals surface area contributed by atoms with E-state index in [4.69, 9.17) is 0 Å². The molecule has 1 aliphatic carbocycles. The molecular weight excluding hydrogens is 184 g/mol. The first-order valence-electron chi connectivity index (χ1n) is 6.19. The lowest BCUT2D eigenvalue weighted by Gasteiger charge is -2.28. The van der Waals surface area contributed by atoms with Gasteiger partial charge in [-0.3, -0.25) is 0 Å². The quantitative estimate of drug-likeness (QED) is 0.779. The van der Waals surface area contributed by atoms with Crippen LogP contribution in [0, 0.1) is 11.8 Å². The zero-order chi connectivity index (χ0) is 10.5. The Morgan fingerprint density at radius 2 is 2.27 bits per heavy atom. The molecule has 0 aromatic carbocycles. The summed E-state index contributed by atoms with van der Waals surface area (Å²) in [6.07, 6.45) is 7.70. The Morgan fingerprint density at radius 1 is 1.40 bits per heavy atom. The summed E-state index contributed by atoms with van der Waals surface area (Å²) < 4.78 is 0. The minimum Gasteiger partial charge on any atom is -0.364 e. The molecule has 0 amide bonds. The lowest BCUT2D eigenvalue weighted by Crippen LogP contribution is -2.29. The van der Waals surface area contributed by atoms with Crippen LogP contribution in [0.1, 0.15) is 38.3 Å². The van der Waals surface area contributed by atoms with E-state index in [2.05, 4.69) is 29.4 Å². The summed E-state index contributed by atoms with van der Waals surface area (Å²) in [5.41, 5.74) is 1.29. The largest absolute Gasteiger partial charge is 0.364 e. The second kappa shape index (κ2) is 5.36. The van der Waals surface area contributed by atoms with Crippen molar-refractivity contribution in [3.05, 3.63) is 24.0 Å². The predicted octanol–water partition coefficient (Wildman–Crippen LogP) is 2.93. The van der Waals surface area contributed by atoms with E-state index in [1.165, 1.54) is 37.9 Å². The molecule has 0 aliphatic heterocycles. The molecule has 1 saturated carbocycles. The molecule has 1 heterocycles. The van der Waals surface area contributed by atoms with E-state index in [1.54, 1.807) is 0 Å². The fourth-order valence-corrected chi connectivity index (χ4v) is 2.57. The van der Waals surface area contributed by atoms with Crippen molar-refractivity contribution >= 4 is 0 Å². The van der Waals surface area contributed by atoms with Crippen LogP contribution in [0.25, 0.3) is 0 Å². The van der Waals surface area contributed by atoms with Crippen LogP contribution in [-0.4, -0.2) is 11.5 Å². The SMILES string of the molecule is CC1CCCCC1CNCc1ccc[nH]1. The zero-order valence-electron chi connectivity index (χ0n) is 9.63. The van der Waals surface area contributed by atoms with E-state index in [0.29, 0.717) is 0 Å². The molecule has 0 bridgehead atoms. The van der Waals surface area contributed by atoms with E-state index in [0.717, 1.165) is 18.4 Å². The molecule has 2 atom stereocenters. The number of aromatic amines is 1. The molecular formula is C13H22N2. The maximum Gasteiger partial charge on any atom is 0.0357 e. The van der Waals surface area contributed by atoms with Crippen LogP contribution in [-0.2, 0) is 6.54 Å². The van der Waals surface area contributed by atoms with Crippen LogP contribution in [0.15, 0.2) is 18.3 Å². The summed E-state index contributed by atoms with van der Waals surface area (Å²) in [4.78, 5) is 3.22. The third-order valence-corrected chi connectivity index (χ3v) is 3.67. The number of aromatic nitrogens is 1. The Balaban J connectivity index is 1.68. The topological polar surface area (TPSA) is 27.8 Å². The Kier molecular flexibility index (Phi) is 3.84. The van der Waals surface area contributed by atoms with Gasteiger partial charge in [0.05, 0.1) is 0 Å². The number of hydrogen-bond donors (Lipinski definition) is 2. The van der Waals surface area contributed by atoms with Crippen LogP contribution >= 0.6 is 0 Å². The summed E-state index contributed by atoms with van der Waals surface area (Å²) in [5.74, 6) is 1.81. The zero-order valence-corrected chi connectivity index (χ0v) is 9.63. The Labute approximate surface area is 92.5 Å². The van der Waals surface area contributed by atoms with Crippen LogP contribution in [0.2, 0.25) is 0 Å². The molecule has 84 valence electrons. The van der Waals surface area contributed by atoms with E-state index in [1.807, 2.05) is 6.20 Å². The first kappa shape index (κ1) is 10.7. The molecule has 2 rings (SSSR count). The van der Waals surface area contributed by atoms with E-state index in [-0.39, 0.29) is 0 Å². The molecule has 0 saturated heterocycles. The molecule has 1 aromatic rings. The number of rotatable bonds is 4. The monoisotopic (exact) mass is 206 g/mol. The Morgan fingerprint density at radius 3 is 3.00 bits per heavy atom. The lowest BCUT2D eigenvalue weighted by molar-refractivity contribution is 0.247. The van der Waals surface area contributed by atoms with Gasteiger partial charge in [0.15, 0.2) is 0 Å². The van der Waals surface area contributed by atoms with Crippen molar-refractivity contribution in [2.45, 2.75) is 39.2 Å². The highest BCUT2D eigenvalue weighted by Crippen LogP contribution is 2.28. The van der Waals surface area contributed by atoms with E-state index in [9.17, 15) is 0 Å². The molecule has 0 radical (unpaired) electrons. The molecule has 2 N–H and O–H groups in total. The summed E-state index contributed by atoms with van der Waals surface area (Å²) in [7, 11) is 0. The standard InChI is InChI=1S/C13H22N2/c1-11-5-2-3-6-12(11)9-14-10-13-7-4-8-15-13/h4,7-8,11-12,14-15H,2-3,5-6,9-10H2,1H3. The van der Waals surface area contributed by atoms with Crippen molar-refractivity contribution < 1.29 is 0 Å². The van der Waals surface area contributed by atoms with Crippen molar-refractivity contribution in [1.29, 1.82) is 0 Å². The van der Waals surface area contributed by atoms with Crippen LogP contribution in [0.4, 0.5) is 0 Å². The molecule has 1 aliphatic rings. The summed E-state index contributed by atoms with van der Waals surface area (Å²) >= 11 is 0. The molecule has 0 spiro atoms. The lowest BCUT2D eigenvalue weighted by atomic mass is 9.80. The third kappa shape index (κ3) is 3.10. The maximum atomic E-state index is 3.56. The number of H-pyrrole nitrogens is 1. The highest BCUT2D eigenvalue weighted by atomic mass is 14.9. The average Bonchev–Trinajstić information content (AvgIpc) is 2.74. The van der Waals surface area contributed by atoms with Gasteiger partial charge in [0.25, 0.3) is 0 Å². The van der Waals surface area contributed by atoms with Crippen LogP contribution in [0.3, 0.4) is 0 Å². The minimum absolute atomic E-state index is 0.897. The second-order valence-electron chi connectivity index (χ2n) is 4.85. The molecule has 15 heavy (non-hydrogen) atoms. The van der Waals surface area contributed by atoms with Gasteiger partial charge in [-0.2, -0.15) is 0 Å². The normalized spacial score (nSPS) is 26.7. The van der Waals surface area contributed by atoms with Crippen LogP contribution < -0.4 is 5.32 Å². The molecule has 1 fully saturated rings. The fraction of sp³-hybridized carbons (Fsp3) is 0.692. The van der Waals surface area contributed by atoms with Gasteiger partial charge in [-0.25, -0.2) is 0 Å². The second-order valence-corrected chi connectivity index (χ2v) is 4.85. The Bertz CT molecular complexity index is 266. The van der Waals surface area contributed by atoms with Gasteiger partial charge in [-0.05, 0) is 36.9 Å². The van der Waals surface area contributed by atoms with Gasteiger partial charge in [0.1, 0.15) is 0 Å². The number of nitrogens with one attached hydrogen (secondary N) is 2. The Hall–Kier alpha value is -0.760. The summed E-state index contributed by atoms with van der Waals surface area (Å²) in [5, 5.41) is 3.56. The van der Waals surface area contributed by atoms with Crippen LogP contribution in [0.5, 0.6) is 0 Å². The molecule has 2 nitrogen and oxygen atoms in total. The highest BCUT2D eigenvalue weighted by Gasteiger charge is 2.20. The van der Waals surface area contributed by atoms with Gasteiger partial charge in [-0.1, -0.05) is 26.2 Å². The van der Waals surface area contributed by atoms with Crippen molar-refractivity contribution in [3.63, 3.8) is 0 Å². The molecule has 2 unspecified atom stereocenters. The first-order chi connectivity index (χ1) is 7.36. The smallest absolute Gasteiger partial charge is 0.0357 e. The van der Waals surface area contributed by atoms with Crippen molar-refractivity contribution in [2.75, 3.05) is 6.54 Å². The molecule has 1 aromatic heterocycles. The fourth-order valence-electron chi connectivity index (χ4n) is 2.57. The molecule has 2 heteroatoms. The predicted molar refractivity (Wildman–Crippen MR) is 63.6 cm³/mol. The van der Waals surface area contributed by atoms with Gasteiger partial charge in [0, 0.05) is 18.4 Å². The minimum atomic E-state index is 0.897. The average molecular weight is 206 g/mol. The van der Waals surface area contributed by atoms with Gasteiger partial charge in [0.2, 0.25) is 0 Å². The van der Waals surface area contributed by atoms with Crippen molar-refractivity contribution in [3.8, 4) is 0 Å². The summed E-state index contributed by atoms with van der Waals surface area (Å²) in [6, 6.07) is 4.19. The maximum absolute atomic E-state index is 3.56. The van der Waals surface area contributed by atoms with Crippen molar-refractivity contribution in [2.24, 2.45) is 11.8 Å². The van der Waals surface area contributed by atoms with E-state index >= 15 is 0 Å². The van der Waals surface area contributed by atoms with Crippen molar-refractivity contribution in [1.82, 2.24) is 10.3 Å².